The SMILES string of the molecule is Cc1ccccc1[C@@H](CN)N1CCOCC1. The summed E-state index contributed by atoms with van der Waals surface area (Å²) < 4.78 is 5.38. The lowest BCUT2D eigenvalue weighted by Crippen LogP contribution is -2.42. The van der Waals surface area contributed by atoms with Crippen LogP contribution in [-0.2, 0) is 4.74 Å². The molecule has 2 rings (SSSR count). The Kier molecular flexibility index (Phi) is 3.93. The maximum atomic E-state index is 5.92. The predicted molar refractivity (Wildman–Crippen MR) is 65.4 cm³/mol. The Labute approximate surface area is 97.2 Å². The van der Waals surface area contributed by atoms with E-state index in [0.29, 0.717) is 12.6 Å². The van der Waals surface area contributed by atoms with Gasteiger partial charge in [0.15, 0.2) is 0 Å². The molecule has 88 valence electrons. The van der Waals surface area contributed by atoms with Crippen molar-refractivity contribution in [3.05, 3.63) is 35.4 Å². The molecule has 1 atom stereocenters. The zero-order valence-electron chi connectivity index (χ0n) is 9.86. The van der Waals surface area contributed by atoms with Crippen molar-refractivity contribution in [2.45, 2.75) is 13.0 Å². The van der Waals surface area contributed by atoms with E-state index in [4.69, 9.17) is 10.5 Å². The van der Waals surface area contributed by atoms with Gasteiger partial charge in [-0.3, -0.25) is 4.90 Å². The lowest BCUT2D eigenvalue weighted by atomic mass is 10.00. The first-order chi connectivity index (χ1) is 7.83. The van der Waals surface area contributed by atoms with Gasteiger partial charge < -0.3 is 10.5 Å². The minimum Gasteiger partial charge on any atom is -0.379 e. The van der Waals surface area contributed by atoms with E-state index in [9.17, 15) is 0 Å². The Balaban J connectivity index is 2.18. The fourth-order valence-corrected chi connectivity index (χ4v) is 2.32. The number of hydrogen-bond donors (Lipinski definition) is 1. The van der Waals surface area contributed by atoms with E-state index in [-0.39, 0.29) is 0 Å². The highest BCUT2D eigenvalue weighted by Gasteiger charge is 2.22. The Morgan fingerprint density at radius 2 is 2.00 bits per heavy atom. The van der Waals surface area contributed by atoms with Crippen LogP contribution in [-0.4, -0.2) is 37.7 Å². The van der Waals surface area contributed by atoms with E-state index >= 15 is 0 Å². The molecule has 1 aromatic rings. The molecule has 0 amide bonds. The molecule has 16 heavy (non-hydrogen) atoms. The van der Waals surface area contributed by atoms with Crippen LogP contribution in [0.4, 0.5) is 0 Å². The number of benzene rings is 1. The summed E-state index contributed by atoms with van der Waals surface area (Å²) >= 11 is 0. The highest BCUT2D eigenvalue weighted by Crippen LogP contribution is 2.23. The average Bonchev–Trinajstić information content (AvgIpc) is 2.34. The van der Waals surface area contributed by atoms with Gasteiger partial charge in [0.05, 0.1) is 13.2 Å². The molecule has 3 nitrogen and oxygen atoms in total. The van der Waals surface area contributed by atoms with Crippen LogP contribution < -0.4 is 5.73 Å². The summed E-state index contributed by atoms with van der Waals surface area (Å²) in [5.41, 5.74) is 8.60. The van der Waals surface area contributed by atoms with Crippen LogP contribution in [0.15, 0.2) is 24.3 Å². The number of aryl methyl sites for hydroxylation is 1. The second-order valence-corrected chi connectivity index (χ2v) is 4.26. The summed E-state index contributed by atoms with van der Waals surface area (Å²) in [5.74, 6) is 0. The van der Waals surface area contributed by atoms with Gasteiger partial charge in [-0.15, -0.1) is 0 Å². The Hall–Kier alpha value is -0.900. The fraction of sp³-hybridized carbons (Fsp3) is 0.538. The summed E-state index contributed by atoms with van der Waals surface area (Å²) in [6.07, 6.45) is 0. The molecule has 0 radical (unpaired) electrons. The zero-order valence-corrected chi connectivity index (χ0v) is 9.86. The van der Waals surface area contributed by atoms with Gasteiger partial charge in [-0.1, -0.05) is 24.3 Å². The van der Waals surface area contributed by atoms with Crippen LogP contribution in [0.5, 0.6) is 0 Å². The first-order valence-electron chi connectivity index (χ1n) is 5.90. The van der Waals surface area contributed by atoms with E-state index < -0.39 is 0 Å². The number of nitrogens with zero attached hydrogens (tertiary/aromatic N) is 1. The first kappa shape index (κ1) is 11.6. The van der Waals surface area contributed by atoms with Gasteiger partial charge in [0.1, 0.15) is 0 Å². The van der Waals surface area contributed by atoms with Crippen molar-refractivity contribution in [3.8, 4) is 0 Å². The molecule has 1 saturated heterocycles. The number of hydrogen-bond acceptors (Lipinski definition) is 3. The standard InChI is InChI=1S/C13H20N2O/c1-11-4-2-3-5-12(11)13(10-14)15-6-8-16-9-7-15/h2-5,13H,6-10,14H2,1H3/t13-/m1/s1. The van der Waals surface area contributed by atoms with Gasteiger partial charge in [-0.2, -0.15) is 0 Å². The fourth-order valence-electron chi connectivity index (χ4n) is 2.32. The molecular formula is C13H20N2O. The van der Waals surface area contributed by atoms with E-state index in [0.717, 1.165) is 26.3 Å². The highest BCUT2D eigenvalue weighted by atomic mass is 16.5. The van der Waals surface area contributed by atoms with Gasteiger partial charge in [-0.05, 0) is 18.1 Å². The maximum absolute atomic E-state index is 5.92. The van der Waals surface area contributed by atoms with E-state index in [1.54, 1.807) is 0 Å². The summed E-state index contributed by atoms with van der Waals surface area (Å²) in [5, 5.41) is 0. The first-order valence-corrected chi connectivity index (χ1v) is 5.90. The predicted octanol–water partition coefficient (Wildman–Crippen LogP) is 1.33. The van der Waals surface area contributed by atoms with Crippen LogP contribution in [0.2, 0.25) is 0 Å². The molecule has 3 heteroatoms. The summed E-state index contributed by atoms with van der Waals surface area (Å²) in [7, 11) is 0. The summed E-state index contributed by atoms with van der Waals surface area (Å²) in [4.78, 5) is 2.42. The molecule has 1 fully saturated rings. The van der Waals surface area contributed by atoms with Gasteiger partial charge in [0.25, 0.3) is 0 Å². The molecule has 0 spiro atoms. The molecule has 1 heterocycles. The van der Waals surface area contributed by atoms with Gasteiger partial charge in [-0.25, -0.2) is 0 Å². The second-order valence-electron chi connectivity index (χ2n) is 4.26. The molecular weight excluding hydrogens is 200 g/mol. The smallest absolute Gasteiger partial charge is 0.0594 e. The van der Waals surface area contributed by atoms with Gasteiger partial charge in [0, 0.05) is 25.7 Å². The molecule has 1 aliphatic rings. The van der Waals surface area contributed by atoms with Gasteiger partial charge in [0.2, 0.25) is 0 Å². The van der Waals surface area contributed by atoms with Crippen LogP contribution in [0, 0.1) is 6.92 Å². The Morgan fingerprint density at radius 3 is 2.62 bits per heavy atom. The third-order valence-corrected chi connectivity index (χ3v) is 3.26. The minimum absolute atomic E-state index is 0.338. The Bertz CT molecular complexity index is 334. The third-order valence-electron chi connectivity index (χ3n) is 3.26. The number of nitrogens with two attached hydrogens (primary N) is 1. The number of ether oxygens (including phenoxy) is 1. The lowest BCUT2D eigenvalue weighted by Gasteiger charge is -2.34. The summed E-state index contributed by atoms with van der Waals surface area (Å²) in [6.45, 7) is 6.43. The van der Waals surface area contributed by atoms with Crippen LogP contribution in [0.3, 0.4) is 0 Å². The topological polar surface area (TPSA) is 38.5 Å². The largest absolute Gasteiger partial charge is 0.379 e. The summed E-state index contributed by atoms with van der Waals surface area (Å²) in [6, 6.07) is 8.84. The van der Waals surface area contributed by atoms with E-state index in [1.165, 1.54) is 11.1 Å². The quantitative estimate of drug-likeness (QED) is 0.835. The van der Waals surface area contributed by atoms with Crippen molar-refractivity contribution >= 4 is 0 Å². The Morgan fingerprint density at radius 1 is 1.31 bits per heavy atom. The normalized spacial score (nSPS) is 19.6. The zero-order chi connectivity index (χ0) is 11.4. The van der Waals surface area contributed by atoms with Crippen molar-refractivity contribution in [1.29, 1.82) is 0 Å². The van der Waals surface area contributed by atoms with E-state index in [2.05, 4.69) is 36.1 Å². The number of rotatable bonds is 3. The van der Waals surface area contributed by atoms with Crippen LogP contribution >= 0.6 is 0 Å². The number of morpholine rings is 1. The van der Waals surface area contributed by atoms with Crippen molar-refractivity contribution in [1.82, 2.24) is 4.90 Å². The molecule has 0 unspecified atom stereocenters. The minimum atomic E-state index is 0.338. The molecule has 1 aromatic carbocycles. The molecule has 0 aromatic heterocycles. The lowest BCUT2D eigenvalue weighted by molar-refractivity contribution is 0.0178. The maximum Gasteiger partial charge on any atom is 0.0594 e. The highest BCUT2D eigenvalue weighted by molar-refractivity contribution is 5.29. The van der Waals surface area contributed by atoms with Crippen molar-refractivity contribution < 1.29 is 4.74 Å². The monoisotopic (exact) mass is 220 g/mol. The molecule has 0 bridgehead atoms. The van der Waals surface area contributed by atoms with Crippen LogP contribution in [0.25, 0.3) is 0 Å². The van der Waals surface area contributed by atoms with Gasteiger partial charge >= 0.3 is 0 Å². The van der Waals surface area contributed by atoms with Crippen molar-refractivity contribution in [3.63, 3.8) is 0 Å². The second kappa shape index (κ2) is 5.43. The molecule has 0 saturated carbocycles. The molecule has 1 aliphatic heterocycles. The van der Waals surface area contributed by atoms with Crippen molar-refractivity contribution in [2.75, 3.05) is 32.8 Å². The molecule has 0 aliphatic carbocycles. The van der Waals surface area contributed by atoms with E-state index in [1.807, 2.05) is 0 Å². The third kappa shape index (κ3) is 2.43. The average molecular weight is 220 g/mol. The van der Waals surface area contributed by atoms with Crippen molar-refractivity contribution in [2.24, 2.45) is 5.73 Å². The van der Waals surface area contributed by atoms with Crippen LogP contribution in [0.1, 0.15) is 17.2 Å². The molecule has 2 N–H and O–H groups in total.